The first-order chi connectivity index (χ1) is 10.9. The van der Waals surface area contributed by atoms with Crippen LogP contribution in [0.3, 0.4) is 0 Å². The zero-order chi connectivity index (χ0) is 17.0. The van der Waals surface area contributed by atoms with Crippen molar-refractivity contribution in [2.75, 3.05) is 5.43 Å². The van der Waals surface area contributed by atoms with Crippen molar-refractivity contribution in [3.63, 3.8) is 0 Å². The first kappa shape index (κ1) is 16.9. The van der Waals surface area contributed by atoms with Gasteiger partial charge in [0.1, 0.15) is 16.5 Å². The molecule has 122 valence electrons. The molecule has 1 aromatic carbocycles. The van der Waals surface area contributed by atoms with Gasteiger partial charge in [0.05, 0.1) is 12.4 Å². The number of rotatable bonds is 5. The van der Waals surface area contributed by atoms with E-state index < -0.39 is 12.2 Å². The summed E-state index contributed by atoms with van der Waals surface area (Å²) < 4.78 is 29.1. The third-order valence-electron chi connectivity index (χ3n) is 2.88. The minimum atomic E-state index is -2.88. The number of alkyl halides is 2. The van der Waals surface area contributed by atoms with Crippen LogP contribution in [0.1, 0.15) is 16.7 Å². The van der Waals surface area contributed by atoms with E-state index in [1.807, 2.05) is 0 Å². The summed E-state index contributed by atoms with van der Waals surface area (Å²) in [5.74, 6) is 0.145. The molecule has 0 saturated heterocycles. The van der Waals surface area contributed by atoms with Crippen molar-refractivity contribution in [2.45, 2.75) is 20.5 Å². The van der Waals surface area contributed by atoms with Gasteiger partial charge < -0.3 is 4.74 Å². The van der Waals surface area contributed by atoms with E-state index in [1.165, 1.54) is 12.4 Å². The molecule has 0 aliphatic carbocycles. The van der Waals surface area contributed by atoms with Crippen molar-refractivity contribution in [3.8, 4) is 5.75 Å². The number of anilines is 1. The fraction of sp³-hybridized carbons (Fsp3) is 0.214. The molecule has 0 fully saturated rings. The Bertz CT molecular complexity index is 770. The second kappa shape index (κ2) is 7.19. The Labute approximate surface area is 135 Å². The van der Waals surface area contributed by atoms with Crippen LogP contribution in [0.15, 0.2) is 28.2 Å². The highest BCUT2D eigenvalue weighted by Crippen LogP contribution is 2.26. The van der Waals surface area contributed by atoms with Gasteiger partial charge in [0.25, 0.3) is 5.56 Å². The van der Waals surface area contributed by atoms with Gasteiger partial charge in [-0.15, -0.1) is 0 Å². The Morgan fingerprint density at radius 3 is 2.65 bits per heavy atom. The fourth-order valence-electron chi connectivity index (χ4n) is 1.97. The predicted molar refractivity (Wildman–Crippen MR) is 83.6 cm³/mol. The Morgan fingerprint density at radius 1 is 1.39 bits per heavy atom. The largest absolute Gasteiger partial charge is 0.434 e. The molecule has 2 rings (SSSR count). The van der Waals surface area contributed by atoms with Gasteiger partial charge in [-0.1, -0.05) is 11.6 Å². The monoisotopic (exact) mass is 342 g/mol. The second-order valence-corrected chi connectivity index (χ2v) is 5.04. The molecule has 2 N–H and O–H groups in total. The number of aryl methyl sites for hydroxylation is 2. The highest BCUT2D eigenvalue weighted by molar-refractivity contribution is 6.32. The van der Waals surface area contributed by atoms with E-state index in [1.54, 1.807) is 26.0 Å². The van der Waals surface area contributed by atoms with Crippen molar-refractivity contribution in [1.29, 1.82) is 0 Å². The van der Waals surface area contributed by atoms with Gasteiger partial charge in [0.15, 0.2) is 0 Å². The zero-order valence-corrected chi connectivity index (χ0v) is 13.0. The van der Waals surface area contributed by atoms with Crippen molar-refractivity contribution in [2.24, 2.45) is 5.10 Å². The summed E-state index contributed by atoms with van der Waals surface area (Å²) in [5.41, 5.74) is 4.09. The summed E-state index contributed by atoms with van der Waals surface area (Å²) in [6.45, 7) is 0.444. The van der Waals surface area contributed by atoms with E-state index >= 15 is 0 Å². The number of benzene rings is 1. The lowest BCUT2D eigenvalue weighted by atomic mass is 10.1. The highest BCUT2D eigenvalue weighted by atomic mass is 35.5. The molecule has 0 spiro atoms. The van der Waals surface area contributed by atoms with E-state index in [-0.39, 0.29) is 16.5 Å². The van der Waals surface area contributed by atoms with Crippen LogP contribution in [-0.4, -0.2) is 23.0 Å². The van der Waals surface area contributed by atoms with Crippen LogP contribution in [-0.2, 0) is 0 Å². The topological polar surface area (TPSA) is 79.4 Å². The van der Waals surface area contributed by atoms with E-state index in [2.05, 4.69) is 25.5 Å². The van der Waals surface area contributed by atoms with Crippen molar-refractivity contribution in [1.82, 2.24) is 10.2 Å². The number of hydrogen-bond donors (Lipinski definition) is 2. The number of hydrazone groups is 1. The third kappa shape index (κ3) is 4.26. The predicted octanol–water partition coefficient (Wildman–Crippen LogP) is 3.09. The molecule has 0 amide bonds. The summed E-state index contributed by atoms with van der Waals surface area (Å²) >= 11 is 5.79. The average Bonchev–Trinajstić information content (AvgIpc) is 2.47. The van der Waals surface area contributed by atoms with Gasteiger partial charge in [0.2, 0.25) is 0 Å². The third-order valence-corrected chi connectivity index (χ3v) is 3.26. The summed E-state index contributed by atoms with van der Waals surface area (Å²) in [6.07, 6.45) is 2.78. The lowest BCUT2D eigenvalue weighted by molar-refractivity contribution is -0.0507. The lowest BCUT2D eigenvalue weighted by Gasteiger charge is -2.11. The summed E-state index contributed by atoms with van der Waals surface area (Å²) in [5, 5.41) is 9.65. The Balaban J connectivity index is 2.17. The molecule has 0 aliphatic rings. The number of hydrogen-bond acceptors (Lipinski definition) is 5. The van der Waals surface area contributed by atoms with Crippen LogP contribution in [0, 0.1) is 13.8 Å². The van der Waals surface area contributed by atoms with Crippen LogP contribution < -0.4 is 15.7 Å². The maximum absolute atomic E-state index is 12.3. The second-order valence-electron chi connectivity index (χ2n) is 4.66. The van der Waals surface area contributed by atoms with Crippen LogP contribution in [0.25, 0.3) is 0 Å². The Hall–Kier alpha value is -2.48. The first-order valence-corrected chi connectivity index (χ1v) is 6.84. The van der Waals surface area contributed by atoms with Gasteiger partial charge in [-0.2, -0.15) is 19.0 Å². The smallest absolute Gasteiger partial charge is 0.387 e. The molecule has 0 saturated carbocycles. The number of nitrogens with zero attached hydrogens (tertiary/aromatic N) is 2. The molecule has 6 nitrogen and oxygen atoms in total. The molecule has 0 bridgehead atoms. The van der Waals surface area contributed by atoms with Crippen LogP contribution >= 0.6 is 11.6 Å². The van der Waals surface area contributed by atoms with Crippen LogP contribution in [0.4, 0.5) is 14.5 Å². The molecule has 0 aliphatic heterocycles. The highest BCUT2D eigenvalue weighted by Gasteiger charge is 2.11. The minimum Gasteiger partial charge on any atom is -0.434 e. The molecule has 2 aromatic rings. The Morgan fingerprint density at radius 2 is 2.04 bits per heavy atom. The Kier molecular flexibility index (Phi) is 5.28. The summed E-state index contributed by atoms with van der Waals surface area (Å²) in [4.78, 5) is 11.3. The molecular weight excluding hydrogens is 330 g/mol. The minimum absolute atomic E-state index is 0.0646. The number of aromatic nitrogens is 2. The number of aromatic amines is 1. The van der Waals surface area contributed by atoms with Gasteiger partial charge in [-0.25, -0.2) is 5.10 Å². The standard InChI is InChI=1S/C14H13ClF2N4O2/c1-7-3-9(4-8(2)12(7)23-14(16)17)5-18-20-10-6-19-21-13(22)11(10)15/h3-6,14H,1-2H3,(H2,20,21,22)/b18-5-. The normalized spacial score (nSPS) is 11.2. The summed E-state index contributed by atoms with van der Waals surface area (Å²) in [7, 11) is 0. The number of ether oxygens (including phenoxy) is 1. The first-order valence-electron chi connectivity index (χ1n) is 6.47. The zero-order valence-electron chi connectivity index (χ0n) is 12.2. The van der Waals surface area contributed by atoms with Gasteiger partial charge in [0, 0.05) is 0 Å². The molecule has 9 heteroatoms. The van der Waals surface area contributed by atoms with E-state index in [4.69, 9.17) is 11.6 Å². The van der Waals surface area contributed by atoms with Gasteiger partial charge in [-0.3, -0.25) is 10.2 Å². The summed E-state index contributed by atoms with van der Waals surface area (Å²) in [6, 6.07) is 3.29. The molecule has 23 heavy (non-hydrogen) atoms. The van der Waals surface area contributed by atoms with Crippen LogP contribution in [0.5, 0.6) is 5.75 Å². The maximum atomic E-state index is 12.3. The molecule has 0 atom stereocenters. The van der Waals surface area contributed by atoms with Crippen molar-refractivity contribution >= 4 is 23.5 Å². The maximum Gasteiger partial charge on any atom is 0.387 e. The van der Waals surface area contributed by atoms with E-state index in [0.717, 1.165) is 0 Å². The fourth-order valence-corrected chi connectivity index (χ4v) is 2.10. The van der Waals surface area contributed by atoms with Gasteiger partial charge in [-0.05, 0) is 42.7 Å². The molecule has 1 heterocycles. The average molecular weight is 343 g/mol. The molecular formula is C14H13ClF2N4O2. The van der Waals surface area contributed by atoms with Crippen LogP contribution in [0.2, 0.25) is 5.02 Å². The molecule has 1 aromatic heterocycles. The number of H-pyrrole nitrogens is 1. The lowest BCUT2D eigenvalue weighted by Crippen LogP contribution is -2.10. The SMILES string of the molecule is Cc1cc(/C=N\Nc2cn[nH]c(=O)c2Cl)cc(C)c1OC(F)F. The number of nitrogens with one attached hydrogen (secondary N) is 2. The quantitative estimate of drug-likeness (QED) is 0.646. The molecule has 0 unspecified atom stereocenters. The van der Waals surface area contributed by atoms with Crippen molar-refractivity contribution < 1.29 is 13.5 Å². The number of halogens is 3. The molecule has 0 radical (unpaired) electrons. The van der Waals surface area contributed by atoms with Crippen molar-refractivity contribution in [3.05, 3.63) is 50.4 Å². The van der Waals surface area contributed by atoms with Gasteiger partial charge >= 0.3 is 6.61 Å². The van der Waals surface area contributed by atoms with E-state index in [0.29, 0.717) is 16.7 Å². The van der Waals surface area contributed by atoms with E-state index in [9.17, 15) is 13.6 Å².